The fourth-order valence-electron chi connectivity index (χ4n) is 1.45. The van der Waals surface area contributed by atoms with Gasteiger partial charge >= 0.3 is 5.97 Å². The van der Waals surface area contributed by atoms with Crippen molar-refractivity contribution >= 4 is 5.97 Å². The predicted molar refractivity (Wildman–Crippen MR) is 68.8 cm³/mol. The highest BCUT2D eigenvalue weighted by Crippen LogP contribution is 2.09. The molecule has 102 valence electrons. The van der Waals surface area contributed by atoms with Crippen LogP contribution >= 0.6 is 0 Å². The maximum atomic E-state index is 11.7. The number of rotatable bonds is 7. The third kappa shape index (κ3) is 8.16. The monoisotopic (exact) mass is 245 g/mol. The molecule has 0 heterocycles. The number of carbonyl (C=O) groups is 1. The lowest BCUT2D eigenvalue weighted by Crippen LogP contribution is -2.41. The molecule has 0 rings (SSSR count). The summed E-state index contributed by atoms with van der Waals surface area (Å²) in [5, 5.41) is 12.0. The Hall–Kier alpha value is -0.610. The Morgan fingerprint density at radius 1 is 1.41 bits per heavy atom. The lowest BCUT2D eigenvalue weighted by atomic mass is 10.0. The van der Waals surface area contributed by atoms with Crippen LogP contribution in [0, 0.1) is 5.92 Å². The van der Waals surface area contributed by atoms with Crippen LogP contribution < -0.4 is 5.32 Å². The zero-order valence-corrected chi connectivity index (χ0v) is 11.7. The highest BCUT2D eigenvalue weighted by Gasteiger charge is 2.21. The van der Waals surface area contributed by atoms with Crippen molar-refractivity contribution in [3.63, 3.8) is 0 Å². The molecule has 0 spiro atoms. The van der Waals surface area contributed by atoms with Gasteiger partial charge in [-0.15, -0.1) is 0 Å². The van der Waals surface area contributed by atoms with E-state index in [2.05, 4.69) is 12.2 Å². The molecule has 2 atom stereocenters. The topological polar surface area (TPSA) is 58.6 Å². The molecule has 0 amide bonds. The summed E-state index contributed by atoms with van der Waals surface area (Å²) in [6, 6.07) is -0.304. The number of nitrogens with one attached hydrogen (secondary N) is 1. The molecule has 0 radical (unpaired) electrons. The summed E-state index contributed by atoms with van der Waals surface area (Å²) in [6.07, 6.45) is 1.76. The number of hydrogen-bond donors (Lipinski definition) is 2. The van der Waals surface area contributed by atoms with E-state index in [0.29, 0.717) is 5.92 Å². The molecule has 2 unspecified atom stereocenters. The Morgan fingerprint density at radius 2 is 2.00 bits per heavy atom. The third-order valence-electron chi connectivity index (χ3n) is 2.59. The van der Waals surface area contributed by atoms with E-state index in [-0.39, 0.29) is 18.6 Å². The van der Waals surface area contributed by atoms with Crippen molar-refractivity contribution in [1.82, 2.24) is 5.32 Å². The van der Waals surface area contributed by atoms with Gasteiger partial charge < -0.3 is 15.2 Å². The highest BCUT2D eigenvalue weighted by molar-refractivity contribution is 5.75. The molecular formula is C13H27NO3. The van der Waals surface area contributed by atoms with Gasteiger partial charge in [0.25, 0.3) is 0 Å². The Bertz CT molecular complexity index is 223. The van der Waals surface area contributed by atoms with E-state index in [0.717, 1.165) is 19.4 Å². The molecule has 0 fully saturated rings. The van der Waals surface area contributed by atoms with Crippen LogP contribution in [-0.4, -0.2) is 35.9 Å². The van der Waals surface area contributed by atoms with Crippen LogP contribution in [0.3, 0.4) is 0 Å². The quantitative estimate of drug-likeness (QED) is 0.670. The summed E-state index contributed by atoms with van der Waals surface area (Å²) in [5.74, 6) is 0.182. The molecule has 0 saturated heterocycles. The van der Waals surface area contributed by atoms with Crippen LogP contribution in [0.1, 0.15) is 47.5 Å². The van der Waals surface area contributed by atoms with Crippen molar-refractivity contribution in [1.29, 1.82) is 0 Å². The Morgan fingerprint density at radius 3 is 2.41 bits per heavy atom. The molecule has 17 heavy (non-hydrogen) atoms. The van der Waals surface area contributed by atoms with E-state index in [1.165, 1.54) is 0 Å². The van der Waals surface area contributed by atoms with Gasteiger partial charge in [-0.1, -0.05) is 13.3 Å². The van der Waals surface area contributed by atoms with Crippen LogP contribution in [-0.2, 0) is 9.53 Å². The molecule has 0 aliphatic carbocycles. The normalized spacial score (nSPS) is 15.4. The lowest BCUT2D eigenvalue weighted by molar-refractivity contribution is -0.157. The van der Waals surface area contributed by atoms with E-state index in [9.17, 15) is 4.79 Å². The summed E-state index contributed by atoms with van der Waals surface area (Å²) < 4.78 is 5.27. The van der Waals surface area contributed by atoms with Gasteiger partial charge in [0.2, 0.25) is 0 Å². The largest absolute Gasteiger partial charge is 0.459 e. The molecule has 0 aliphatic heterocycles. The maximum absolute atomic E-state index is 11.7. The zero-order valence-electron chi connectivity index (χ0n) is 11.7. The Kier molecular flexibility index (Phi) is 7.39. The summed E-state index contributed by atoms with van der Waals surface area (Å²) in [4.78, 5) is 11.7. The fourth-order valence-corrected chi connectivity index (χ4v) is 1.45. The number of ether oxygens (including phenoxy) is 1. The minimum atomic E-state index is -0.442. The second-order valence-corrected chi connectivity index (χ2v) is 5.45. The number of aliphatic hydroxyl groups excluding tert-OH is 1. The van der Waals surface area contributed by atoms with Crippen molar-refractivity contribution in [2.75, 3.05) is 13.2 Å². The molecule has 4 nitrogen and oxygen atoms in total. The average Bonchev–Trinajstić information content (AvgIpc) is 2.21. The summed E-state index contributed by atoms with van der Waals surface area (Å²) >= 11 is 0. The van der Waals surface area contributed by atoms with Gasteiger partial charge in [0.05, 0.1) is 0 Å². The lowest BCUT2D eigenvalue weighted by Gasteiger charge is -2.24. The SMILES string of the molecule is CCC(CCO)CNC(C)C(=O)OC(C)(C)C. The maximum Gasteiger partial charge on any atom is 0.323 e. The first kappa shape index (κ1) is 16.4. The van der Waals surface area contributed by atoms with E-state index in [1.807, 2.05) is 20.8 Å². The van der Waals surface area contributed by atoms with E-state index < -0.39 is 5.60 Å². The molecule has 0 saturated carbocycles. The van der Waals surface area contributed by atoms with Gasteiger partial charge in [0.1, 0.15) is 11.6 Å². The van der Waals surface area contributed by atoms with Gasteiger partial charge in [-0.2, -0.15) is 0 Å². The smallest absolute Gasteiger partial charge is 0.323 e. The molecule has 0 aromatic rings. The van der Waals surface area contributed by atoms with Crippen molar-refractivity contribution in [2.24, 2.45) is 5.92 Å². The zero-order chi connectivity index (χ0) is 13.5. The number of aliphatic hydroxyl groups is 1. The molecule has 2 N–H and O–H groups in total. The van der Waals surface area contributed by atoms with E-state index >= 15 is 0 Å². The van der Waals surface area contributed by atoms with Crippen LogP contribution in [0.2, 0.25) is 0 Å². The number of carbonyl (C=O) groups excluding carboxylic acids is 1. The summed E-state index contributed by atoms with van der Waals surface area (Å²) in [6.45, 7) is 10.4. The third-order valence-corrected chi connectivity index (χ3v) is 2.59. The van der Waals surface area contributed by atoms with Crippen molar-refractivity contribution in [3.8, 4) is 0 Å². The predicted octanol–water partition coefficient (Wildman–Crippen LogP) is 1.71. The number of esters is 1. The standard InChI is InChI=1S/C13H27NO3/c1-6-11(7-8-15)9-14-10(2)12(16)17-13(3,4)5/h10-11,14-15H,6-9H2,1-5H3. The molecule has 0 aliphatic rings. The van der Waals surface area contributed by atoms with Gasteiger partial charge in [-0.05, 0) is 46.6 Å². The van der Waals surface area contributed by atoms with Crippen LogP contribution in [0.25, 0.3) is 0 Å². The fraction of sp³-hybridized carbons (Fsp3) is 0.923. The van der Waals surface area contributed by atoms with Crippen molar-refractivity contribution < 1.29 is 14.6 Å². The van der Waals surface area contributed by atoms with E-state index in [1.54, 1.807) is 6.92 Å². The molecular weight excluding hydrogens is 218 g/mol. The molecule has 0 aromatic carbocycles. The number of hydrogen-bond acceptors (Lipinski definition) is 4. The van der Waals surface area contributed by atoms with Crippen LogP contribution in [0.5, 0.6) is 0 Å². The van der Waals surface area contributed by atoms with Gasteiger partial charge in [0.15, 0.2) is 0 Å². The molecule has 0 aromatic heterocycles. The first-order valence-corrected chi connectivity index (χ1v) is 6.37. The van der Waals surface area contributed by atoms with Gasteiger partial charge in [-0.3, -0.25) is 4.79 Å². The average molecular weight is 245 g/mol. The minimum Gasteiger partial charge on any atom is -0.459 e. The van der Waals surface area contributed by atoms with Gasteiger partial charge in [0, 0.05) is 6.61 Å². The summed E-state index contributed by atoms with van der Waals surface area (Å²) in [7, 11) is 0. The highest BCUT2D eigenvalue weighted by atomic mass is 16.6. The summed E-state index contributed by atoms with van der Waals surface area (Å²) in [5.41, 5.74) is -0.442. The van der Waals surface area contributed by atoms with Crippen LogP contribution in [0.15, 0.2) is 0 Å². The first-order chi connectivity index (χ1) is 7.80. The minimum absolute atomic E-state index is 0.195. The second kappa shape index (κ2) is 7.67. The van der Waals surface area contributed by atoms with Crippen molar-refractivity contribution in [3.05, 3.63) is 0 Å². The van der Waals surface area contributed by atoms with Gasteiger partial charge in [-0.25, -0.2) is 0 Å². The van der Waals surface area contributed by atoms with E-state index in [4.69, 9.17) is 9.84 Å². The Labute approximate surface area is 105 Å². The Balaban J connectivity index is 3.99. The second-order valence-electron chi connectivity index (χ2n) is 5.45. The first-order valence-electron chi connectivity index (χ1n) is 6.37. The molecule has 0 bridgehead atoms. The van der Waals surface area contributed by atoms with Crippen molar-refractivity contribution in [2.45, 2.75) is 59.1 Å². The molecule has 4 heteroatoms. The van der Waals surface area contributed by atoms with Crippen LogP contribution in [0.4, 0.5) is 0 Å².